The first-order chi connectivity index (χ1) is 10.0. The van der Waals surface area contributed by atoms with Gasteiger partial charge in [0.2, 0.25) is 0 Å². The van der Waals surface area contributed by atoms with Gasteiger partial charge in [0.15, 0.2) is 0 Å². The Labute approximate surface area is 123 Å². The molecule has 1 aromatic rings. The molecule has 4 nitrogen and oxygen atoms in total. The van der Waals surface area contributed by atoms with E-state index in [1.807, 2.05) is 13.0 Å². The lowest BCUT2D eigenvalue weighted by Gasteiger charge is -2.38. The standard InChI is InChI=1S/C16H19FN2O2/c1-2-16(15(20)21)5-7-19(8-6-16)11-12-3-4-14(17)13(9-12)10-18/h3-4,9H,2,5-8,11H2,1H3,(H,20,21). The third-order valence-corrected chi connectivity index (χ3v) is 4.50. The lowest BCUT2D eigenvalue weighted by atomic mass is 9.76. The van der Waals surface area contributed by atoms with E-state index >= 15 is 0 Å². The molecule has 1 saturated heterocycles. The number of benzene rings is 1. The van der Waals surface area contributed by atoms with Crippen molar-refractivity contribution >= 4 is 5.97 Å². The Bertz CT molecular complexity index is 572. The monoisotopic (exact) mass is 290 g/mol. The molecule has 2 rings (SSSR count). The Hall–Kier alpha value is -1.93. The number of halogens is 1. The molecule has 1 aliphatic heterocycles. The van der Waals surface area contributed by atoms with Crippen LogP contribution in [0.3, 0.4) is 0 Å². The first kappa shape index (κ1) is 15.5. The van der Waals surface area contributed by atoms with E-state index in [0.717, 1.165) is 5.56 Å². The van der Waals surface area contributed by atoms with Crippen LogP contribution in [-0.2, 0) is 11.3 Å². The van der Waals surface area contributed by atoms with Crippen LogP contribution in [0.1, 0.15) is 37.3 Å². The lowest BCUT2D eigenvalue weighted by molar-refractivity contribution is -0.152. The van der Waals surface area contributed by atoms with Crippen LogP contribution in [0.15, 0.2) is 18.2 Å². The molecular formula is C16H19FN2O2. The van der Waals surface area contributed by atoms with Gasteiger partial charge in [-0.05, 0) is 50.0 Å². The molecule has 5 heteroatoms. The number of carboxylic acids is 1. The number of rotatable bonds is 4. The number of carbonyl (C=O) groups is 1. The molecule has 0 unspecified atom stereocenters. The average Bonchev–Trinajstić information content (AvgIpc) is 2.50. The Kier molecular flexibility index (Phi) is 4.59. The predicted octanol–water partition coefficient (Wildman–Crippen LogP) is 2.77. The fraction of sp³-hybridized carbons (Fsp3) is 0.500. The molecule has 21 heavy (non-hydrogen) atoms. The fourth-order valence-electron chi connectivity index (χ4n) is 2.87. The molecule has 0 aromatic heterocycles. The van der Waals surface area contributed by atoms with Gasteiger partial charge in [0.1, 0.15) is 11.9 Å². The minimum absolute atomic E-state index is 0.0537. The molecule has 1 aliphatic rings. The second kappa shape index (κ2) is 6.23. The minimum Gasteiger partial charge on any atom is -0.481 e. The van der Waals surface area contributed by atoms with Gasteiger partial charge in [-0.25, -0.2) is 4.39 Å². The SMILES string of the molecule is CCC1(C(=O)O)CCN(Cc2ccc(F)c(C#N)c2)CC1. The van der Waals surface area contributed by atoms with E-state index in [9.17, 15) is 14.3 Å². The summed E-state index contributed by atoms with van der Waals surface area (Å²) < 4.78 is 13.3. The maximum absolute atomic E-state index is 13.3. The first-order valence-electron chi connectivity index (χ1n) is 7.15. The molecule has 0 atom stereocenters. The smallest absolute Gasteiger partial charge is 0.309 e. The molecule has 0 bridgehead atoms. The molecule has 1 heterocycles. The van der Waals surface area contributed by atoms with Crippen LogP contribution in [0.4, 0.5) is 4.39 Å². The molecule has 112 valence electrons. The highest BCUT2D eigenvalue weighted by atomic mass is 19.1. The van der Waals surface area contributed by atoms with Crippen LogP contribution in [0, 0.1) is 22.6 Å². The summed E-state index contributed by atoms with van der Waals surface area (Å²) in [7, 11) is 0. The summed E-state index contributed by atoms with van der Waals surface area (Å²) in [6.07, 6.45) is 1.90. The Morgan fingerprint density at radius 2 is 2.14 bits per heavy atom. The molecule has 0 saturated carbocycles. The van der Waals surface area contributed by atoms with Crippen molar-refractivity contribution in [3.05, 3.63) is 35.1 Å². The number of aliphatic carboxylic acids is 1. The highest BCUT2D eigenvalue weighted by molar-refractivity contribution is 5.74. The quantitative estimate of drug-likeness (QED) is 0.926. The van der Waals surface area contributed by atoms with Crippen LogP contribution >= 0.6 is 0 Å². The van der Waals surface area contributed by atoms with E-state index < -0.39 is 17.2 Å². The second-order valence-electron chi connectivity index (χ2n) is 5.64. The summed E-state index contributed by atoms with van der Waals surface area (Å²) >= 11 is 0. The third kappa shape index (κ3) is 3.22. The van der Waals surface area contributed by atoms with Crippen molar-refractivity contribution in [3.8, 4) is 6.07 Å². The maximum Gasteiger partial charge on any atom is 0.309 e. The highest BCUT2D eigenvalue weighted by Crippen LogP contribution is 2.35. The van der Waals surface area contributed by atoms with Crippen molar-refractivity contribution in [1.29, 1.82) is 5.26 Å². The van der Waals surface area contributed by atoms with Crippen molar-refractivity contribution in [2.75, 3.05) is 13.1 Å². The van der Waals surface area contributed by atoms with Crippen LogP contribution in [0.2, 0.25) is 0 Å². The predicted molar refractivity (Wildman–Crippen MR) is 76.0 cm³/mol. The summed E-state index contributed by atoms with van der Waals surface area (Å²) in [5.74, 6) is -1.21. The van der Waals surface area contributed by atoms with Gasteiger partial charge in [-0.1, -0.05) is 13.0 Å². The van der Waals surface area contributed by atoms with Gasteiger partial charge in [0.05, 0.1) is 11.0 Å². The number of likely N-dealkylation sites (tertiary alicyclic amines) is 1. The van der Waals surface area contributed by atoms with Gasteiger partial charge in [-0.15, -0.1) is 0 Å². The van der Waals surface area contributed by atoms with E-state index in [2.05, 4.69) is 4.90 Å². The van der Waals surface area contributed by atoms with Crippen molar-refractivity contribution in [2.24, 2.45) is 5.41 Å². The molecule has 1 N–H and O–H groups in total. The van der Waals surface area contributed by atoms with E-state index in [1.54, 1.807) is 12.1 Å². The van der Waals surface area contributed by atoms with E-state index in [0.29, 0.717) is 38.9 Å². The van der Waals surface area contributed by atoms with Crippen LogP contribution in [-0.4, -0.2) is 29.1 Å². The zero-order chi connectivity index (χ0) is 15.5. The van der Waals surface area contributed by atoms with Crippen molar-refractivity contribution in [3.63, 3.8) is 0 Å². The van der Waals surface area contributed by atoms with Gasteiger partial charge in [-0.3, -0.25) is 9.69 Å². The number of piperidine rings is 1. The summed E-state index contributed by atoms with van der Waals surface area (Å²) in [5, 5.41) is 18.2. The molecule has 1 aromatic carbocycles. The van der Waals surface area contributed by atoms with Gasteiger partial charge >= 0.3 is 5.97 Å². The number of carboxylic acid groups (broad SMARTS) is 1. The first-order valence-corrected chi connectivity index (χ1v) is 7.15. The number of hydrogen-bond acceptors (Lipinski definition) is 3. The van der Waals surface area contributed by atoms with Gasteiger partial charge < -0.3 is 5.11 Å². The molecule has 0 radical (unpaired) electrons. The van der Waals surface area contributed by atoms with Crippen molar-refractivity contribution in [2.45, 2.75) is 32.7 Å². The van der Waals surface area contributed by atoms with Crippen LogP contribution in [0.5, 0.6) is 0 Å². The number of nitriles is 1. The van der Waals surface area contributed by atoms with Crippen molar-refractivity contribution < 1.29 is 14.3 Å². The third-order valence-electron chi connectivity index (χ3n) is 4.50. The summed E-state index contributed by atoms with van der Waals surface area (Å²) in [5.41, 5.74) is 0.335. The van der Waals surface area contributed by atoms with Gasteiger partial charge in [0, 0.05) is 6.54 Å². The zero-order valence-corrected chi connectivity index (χ0v) is 12.1. The van der Waals surface area contributed by atoms with Gasteiger partial charge in [-0.2, -0.15) is 5.26 Å². The molecule has 0 spiro atoms. The molecule has 0 aliphatic carbocycles. The Balaban J connectivity index is 2.01. The largest absolute Gasteiger partial charge is 0.481 e. The zero-order valence-electron chi connectivity index (χ0n) is 12.1. The Morgan fingerprint density at radius 1 is 1.48 bits per heavy atom. The van der Waals surface area contributed by atoms with E-state index in [-0.39, 0.29) is 5.56 Å². The molecule has 1 fully saturated rings. The fourth-order valence-corrected chi connectivity index (χ4v) is 2.87. The average molecular weight is 290 g/mol. The lowest BCUT2D eigenvalue weighted by Crippen LogP contribution is -2.43. The summed E-state index contributed by atoms with van der Waals surface area (Å²) in [6, 6.07) is 6.39. The summed E-state index contributed by atoms with van der Waals surface area (Å²) in [6.45, 7) is 3.95. The number of hydrogen-bond donors (Lipinski definition) is 1. The van der Waals surface area contributed by atoms with Crippen molar-refractivity contribution in [1.82, 2.24) is 4.90 Å². The molecule has 0 amide bonds. The topological polar surface area (TPSA) is 64.3 Å². The number of nitrogens with zero attached hydrogens (tertiary/aromatic N) is 2. The van der Waals surface area contributed by atoms with E-state index in [4.69, 9.17) is 5.26 Å². The van der Waals surface area contributed by atoms with E-state index in [1.165, 1.54) is 6.07 Å². The van der Waals surface area contributed by atoms with Crippen LogP contribution in [0.25, 0.3) is 0 Å². The van der Waals surface area contributed by atoms with Gasteiger partial charge in [0.25, 0.3) is 0 Å². The minimum atomic E-state index is -0.710. The normalized spacial score (nSPS) is 18.1. The summed E-state index contributed by atoms with van der Waals surface area (Å²) in [4.78, 5) is 13.6. The molecular weight excluding hydrogens is 271 g/mol. The second-order valence-corrected chi connectivity index (χ2v) is 5.64. The Morgan fingerprint density at radius 3 is 2.67 bits per heavy atom. The van der Waals surface area contributed by atoms with Crippen LogP contribution < -0.4 is 0 Å². The highest BCUT2D eigenvalue weighted by Gasteiger charge is 2.39. The maximum atomic E-state index is 13.3.